The lowest BCUT2D eigenvalue weighted by Crippen LogP contribution is -2.46. The molecule has 1 amide bonds. The monoisotopic (exact) mass is 347 g/mol. The maximum Gasteiger partial charge on any atom is 0.228 e. The Labute approximate surface area is 155 Å². The molecule has 3 heterocycles. The molecule has 3 atom stereocenters. The van der Waals surface area contributed by atoms with Crippen LogP contribution < -0.4 is 0 Å². The third kappa shape index (κ3) is 2.90. The predicted octanol–water partition coefficient (Wildman–Crippen LogP) is 3.63. The van der Waals surface area contributed by atoms with Gasteiger partial charge in [0, 0.05) is 19.8 Å². The van der Waals surface area contributed by atoms with Crippen molar-refractivity contribution >= 4 is 11.7 Å². The molecule has 3 aliphatic rings. The Morgan fingerprint density at radius 2 is 1.85 bits per heavy atom. The molecule has 0 N–H and O–H groups in total. The van der Waals surface area contributed by atoms with Crippen LogP contribution in [0, 0.1) is 12.8 Å². The van der Waals surface area contributed by atoms with E-state index in [1.165, 1.54) is 16.7 Å². The van der Waals surface area contributed by atoms with Crippen LogP contribution in [0.3, 0.4) is 0 Å². The van der Waals surface area contributed by atoms with Crippen LogP contribution >= 0.6 is 0 Å². The second-order valence-electron chi connectivity index (χ2n) is 7.48. The average Bonchev–Trinajstić information content (AvgIpc) is 2.91. The summed E-state index contributed by atoms with van der Waals surface area (Å²) in [6, 6.07) is 8.52. The van der Waals surface area contributed by atoms with E-state index in [1.807, 2.05) is 11.9 Å². The van der Waals surface area contributed by atoms with Gasteiger partial charge in [-0.2, -0.15) is 0 Å². The van der Waals surface area contributed by atoms with Crippen molar-refractivity contribution < 1.29 is 4.79 Å². The number of nitrogens with zero attached hydrogens (tertiary/aromatic N) is 3. The van der Waals surface area contributed by atoms with E-state index in [4.69, 9.17) is 4.99 Å². The molecule has 0 spiro atoms. The first-order valence-corrected chi connectivity index (χ1v) is 9.24. The highest BCUT2D eigenvalue weighted by molar-refractivity contribution is 5.98. The third-order valence-electron chi connectivity index (χ3n) is 5.48. The van der Waals surface area contributed by atoms with Gasteiger partial charge in [-0.3, -0.25) is 9.79 Å². The van der Waals surface area contributed by atoms with Crippen LogP contribution in [0.1, 0.15) is 30.5 Å². The van der Waals surface area contributed by atoms with Gasteiger partial charge in [0.05, 0.1) is 18.0 Å². The Morgan fingerprint density at radius 3 is 2.62 bits per heavy atom. The number of fused-ring (bicyclic) bond motifs is 1. The van der Waals surface area contributed by atoms with Gasteiger partial charge < -0.3 is 9.80 Å². The van der Waals surface area contributed by atoms with Crippen molar-refractivity contribution in [2.75, 3.05) is 13.6 Å². The average molecular weight is 347 g/mol. The van der Waals surface area contributed by atoms with Gasteiger partial charge in [0.2, 0.25) is 5.91 Å². The second kappa shape index (κ2) is 6.60. The van der Waals surface area contributed by atoms with Crippen LogP contribution in [0.25, 0.3) is 0 Å². The molecule has 4 heteroatoms. The number of rotatable bonds is 2. The quantitative estimate of drug-likeness (QED) is 0.766. The van der Waals surface area contributed by atoms with Gasteiger partial charge in [-0.25, -0.2) is 0 Å². The molecule has 4 rings (SSSR count). The molecule has 0 aliphatic carbocycles. The molecule has 3 unspecified atom stereocenters. The zero-order chi connectivity index (χ0) is 18.3. The van der Waals surface area contributed by atoms with E-state index in [9.17, 15) is 4.79 Å². The summed E-state index contributed by atoms with van der Waals surface area (Å²) in [6.45, 7) is 4.86. The van der Waals surface area contributed by atoms with Crippen molar-refractivity contribution in [2.24, 2.45) is 10.9 Å². The number of likely N-dealkylation sites (N-methyl/N-ethyl adjacent to an activating group) is 1. The summed E-state index contributed by atoms with van der Waals surface area (Å²) >= 11 is 0. The Bertz CT molecular complexity index is 831. The van der Waals surface area contributed by atoms with Crippen LogP contribution in [-0.2, 0) is 4.79 Å². The maximum atomic E-state index is 13.1. The van der Waals surface area contributed by atoms with Crippen molar-refractivity contribution in [2.45, 2.75) is 32.4 Å². The summed E-state index contributed by atoms with van der Waals surface area (Å²) in [7, 11) is 1.89. The fourth-order valence-electron chi connectivity index (χ4n) is 4.02. The summed E-state index contributed by atoms with van der Waals surface area (Å²) in [6.07, 6.45) is 11.3. The SMILES string of the molecule is CC1=CN2C(=NC(c3ccc(C)cc3)C2C2CC=CCN(C)C2=O)C=C1. The van der Waals surface area contributed by atoms with Crippen LogP contribution in [-0.4, -0.2) is 41.2 Å². The largest absolute Gasteiger partial charge is 0.342 e. The summed E-state index contributed by atoms with van der Waals surface area (Å²) in [4.78, 5) is 22.1. The lowest BCUT2D eigenvalue weighted by atomic mass is 9.86. The molecule has 1 aromatic carbocycles. The molecule has 134 valence electrons. The fourth-order valence-corrected chi connectivity index (χ4v) is 4.02. The van der Waals surface area contributed by atoms with Gasteiger partial charge >= 0.3 is 0 Å². The highest BCUT2D eigenvalue weighted by atomic mass is 16.2. The number of hydrogen-bond acceptors (Lipinski definition) is 3. The van der Waals surface area contributed by atoms with Gasteiger partial charge in [0.1, 0.15) is 5.84 Å². The first-order chi connectivity index (χ1) is 12.5. The maximum absolute atomic E-state index is 13.1. The van der Waals surface area contributed by atoms with Crippen molar-refractivity contribution in [3.63, 3.8) is 0 Å². The second-order valence-corrected chi connectivity index (χ2v) is 7.48. The minimum Gasteiger partial charge on any atom is -0.342 e. The van der Waals surface area contributed by atoms with E-state index >= 15 is 0 Å². The lowest BCUT2D eigenvalue weighted by Gasteiger charge is -2.35. The number of carbonyl (C=O) groups excluding carboxylic acids is 1. The summed E-state index contributed by atoms with van der Waals surface area (Å²) in [5, 5.41) is 0. The van der Waals surface area contributed by atoms with Gasteiger partial charge in [0.25, 0.3) is 0 Å². The normalized spacial score (nSPS) is 28.0. The number of carbonyl (C=O) groups is 1. The smallest absolute Gasteiger partial charge is 0.228 e. The van der Waals surface area contributed by atoms with Gasteiger partial charge in [0.15, 0.2) is 0 Å². The number of benzene rings is 1. The number of aliphatic imine (C=N–C) groups is 1. The van der Waals surface area contributed by atoms with Gasteiger partial charge in [-0.1, -0.05) is 48.1 Å². The van der Waals surface area contributed by atoms with Crippen molar-refractivity contribution in [1.82, 2.24) is 9.80 Å². The van der Waals surface area contributed by atoms with E-state index < -0.39 is 0 Å². The highest BCUT2D eigenvalue weighted by Crippen LogP contribution is 2.40. The van der Waals surface area contributed by atoms with Gasteiger partial charge in [-0.05, 0) is 37.5 Å². The Balaban J connectivity index is 1.77. The third-order valence-corrected chi connectivity index (χ3v) is 5.48. The number of amides is 1. The minimum absolute atomic E-state index is 0.00491. The number of allylic oxidation sites excluding steroid dienone is 3. The highest BCUT2D eigenvalue weighted by Gasteiger charge is 2.44. The fraction of sp³-hybridized carbons (Fsp3) is 0.364. The molecular formula is C22H25N3O. The molecule has 1 aromatic rings. The van der Waals surface area contributed by atoms with Crippen LogP contribution in [0.4, 0.5) is 0 Å². The topological polar surface area (TPSA) is 35.9 Å². The zero-order valence-electron chi connectivity index (χ0n) is 15.6. The van der Waals surface area contributed by atoms with E-state index in [1.54, 1.807) is 0 Å². The molecule has 0 saturated heterocycles. The Hall–Kier alpha value is -2.62. The zero-order valence-corrected chi connectivity index (χ0v) is 15.6. The van der Waals surface area contributed by atoms with E-state index in [0.717, 1.165) is 12.3 Å². The first-order valence-electron chi connectivity index (χ1n) is 9.24. The number of amidine groups is 1. The molecule has 0 aromatic heterocycles. The van der Waals surface area contributed by atoms with Crippen LogP contribution in [0.5, 0.6) is 0 Å². The first kappa shape index (κ1) is 16.8. The van der Waals surface area contributed by atoms with Gasteiger partial charge in [-0.15, -0.1) is 0 Å². The summed E-state index contributed by atoms with van der Waals surface area (Å²) < 4.78 is 0. The van der Waals surface area contributed by atoms with E-state index in [-0.39, 0.29) is 23.9 Å². The van der Waals surface area contributed by atoms with Crippen molar-refractivity contribution in [1.29, 1.82) is 0 Å². The molecular weight excluding hydrogens is 322 g/mol. The minimum atomic E-state index is -0.109. The molecule has 0 saturated carbocycles. The molecule has 0 fully saturated rings. The van der Waals surface area contributed by atoms with E-state index in [2.05, 4.69) is 73.5 Å². The molecule has 0 radical (unpaired) electrons. The Morgan fingerprint density at radius 1 is 1.08 bits per heavy atom. The number of hydrogen-bond donors (Lipinski definition) is 0. The molecule has 26 heavy (non-hydrogen) atoms. The summed E-state index contributed by atoms with van der Waals surface area (Å²) in [5.41, 5.74) is 3.59. The van der Waals surface area contributed by atoms with Crippen LogP contribution in [0.15, 0.2) is 65.3 Å². The van der Waals surface area contributed by atoms with Crippen molar-refractivity contribution in [3.8, 4) is 0 Å². The predicted molar refractivity (Wildman–Crippen MR) is 105 cm³/mol. The molecule has 4 nitrogen and oxygen atoms in total. The lowest BCUT2D eigenvalue weighted by molar-refractivity contribution is -0.135. The molecule has 3 aliphatic heterocycles. The van der Waals surface area contributed by atoms with Crippen molar-refractivity contribution in [3.05, 3.63) is 71.5 Å². The Kier molecular flexibility index (Phi) is 4.27. The van der Waals surface area contributed by atoms with Crippen LogP contribution in [0.2, 0.25) is 0 Å². The number of aryl methyl sites for hydroxylation is 1. The van der Waals surface area contributed by atoms with E-state index in [0.29, 0.717) is 6.54 Å². The summed E-state index contributed by atoms with van der Waals surface area (Å²) in [5.74, 6) is 1.05. The standard InChI is InChI=1S/C22H25N3O/c1-15-7-10-17(11-8-15)20-21(18-6-4-5-13-24(3)22(18)26)25-14-16(2)9-12-19(25)23-20/h4-5,7-12,14,18,20-21H,6,13H2,1-3H3. The molecule has 0 bridgehead atoms.